The van der Waals surface area contributed by atoms with Crippen LogP contribution in [0.15, 0.2) is 67.0 Å². The van der Waals surface area contributed by atoms with Crippen LogP contribution in [0.2, 0.25) is 0 Å². The first-order chi connectivity index (χ1) is 14.2. The second kappa shape index (κ2) is 8.76. The van der Waals surface area contributed by atoms with Crippen molar-refractivity contribution in [2.75, 3.05) is 18.6 Å². The largest absolute Gasteiger partial charge is 0.383 e. The Labute approximate surface area is 177 Å². The van der Waals surface area contributed by atoms with Gasteiger partial charge in [0.1, 0.15) is 6.04 Å². The van der Waals surface area contributed by atoms with E-state index < -0.39 is 0 Å². The van der Waals surface area contributed by atoms with Crippen LogP contribution in [0.5, 0.6) is 0 Å². The molecule has 3 heterocycles. The van der Waals surface area contributed by atoms with Crippen LogP contribution in [-0.4, -0.2) is 28.4 Å². The lowest BCUT2D eigenvalue weighted by molar-refractivity contribution is 0.186. The van der Waals surface area contributed by atoms with E-state index in [-0.39, 0.29) is 12.1 Å². The average Bonchev–Trinajstić information content (AvgIpc) is 3.36. The topological polar surface area (TPSA) is 42.3 Å². The number of pyridine rings is 1. The third-order valence-corrected chi connectivity index (χ3v) is 5.74. The van der Waals surface area contributed by atoms with Gasteiger partial charge < -0.3 is 19.5 Å². The van der Waals surface area contributed by atoms with Crippen LogP contribution in [0.25, 0.3) is 0 Å². The Hall–Kier alpha value is -2.70. The summed E-state index contributed by atoms with van der Waals surface area (Å²) >= 11 is 5.80. The Bertz CT molecular complexity index is 955. The molecule has 29 heavy (non-hydrogen) atoms. The first-order valence-electron chi connectivity index (χ1n) is 9.96. The number of aromatic nitrogens is 2. The summed E-state index contributed by atoms with van der Waals surface area (Å²) in [5.41, 5.74) is 4.56. The standard InChI is InChI=1S/C23H26N4OS/c1-3-17-9-11-18(12-10-17)27-22(20-8-6-14-26(20)15-16-28-2)21(25-23(27)29)19-7-4-5-13-24-19/h4-14,21-22H,3,15-16H2,1-2H3,(H,25,29)/t21-,22+/m1/s1. The summed E-state index contributed by atoms with van der Waals surface area (Å²) < 4.78 is 7.56. The van der Waals surface area contributed by atoms with E-state index in [0.29, 0.717) is 6.61 Å². The summed E-state index contributed by atoms with van der Waals surface area (Å²) in [6.07, 6.45) is 4.95. The molecule has 150 valence electrons. The minimum atomic E-state index is -0.0363. The average molecular weight is 407 g/mol. The van der Waals surface area contributed by atoms with Crippen molar-refractivity contribution in [1.29, 1.82) is 0 Å². The van der Waals surface area contributed by atoms with Gasteiger partial charge in [0.05, 0.1) is 18.3 Å². The molecular weight excluding hydrogens is 380 g/mol. The number of anilines is 1. The maximum Gasteiger partial charge on any atom is 0.174 e. The number of nitrogens with one attached hydrogen (secondary N) is 1. The molecule has 4 rings (SSSR count). The highest BCUT2D eigenvalue weighted by atomic mass is 32.1. The van der Waals surface area contributed by atoms with Crippen molar-refractivity contribution in [2.24, 2.45) is 0 Å². The molecule has 5 nitrogen and oxygen atoms in total. The normalized spacial score (nSPS) is 18.8. The van der Waals surface area contributed by atoms with Crippen LogP contribution in [0.3, 0.4) is 0 Å². The van der Waals surface area contributed by atoms with E-state index in [2.05, 4.69) is 75.4 Å². The fraction of sp³-hybridized carbons (Fsp3) is 0.304. The number of rotatable bonds is 7. The van der Waals surface area contributed by atoms with Crippen LogP contribution in [0, 0.1) is 0 Å². The minimum absolute atomic E-state index is 0.00303. The number of aryl methyl sites for hydroxylation is 1. The molecule has 0 aliphatic carbocycles. The third-order valence-electron chi connectivity index (χ3n) is 5.42. The first kappa shape index (κ1) is 19.6. The Morgan fingerprint density at radius 2 is 1.93 bits per heavy atom. The number of ether oxygens (including phenoxy) is 1. The van der Waals surface area contributed by atoms with Crippen molar-refractivity contribution in [2.45, 2.75) is 32.0 Å². The maximum absolute atomic E-state index is 5.80. The Morgan fingerprint density at radius 3 is 2.62 bits per heavy atom. The van der Waals surface area contributed by atoms with E-state index in [1.165, 1.54) is 11.3 Å². The van der Waals surface area contributed by atoms with Gasteiger partial charge in [-0.05, 0) is 60.6 Å². The molecule has 0 saturated carbocycles. The fourth-order valence-electron chi connectivity index (χ4n) is 3.91. The van der Waals surface area contributed by atoms with Crippen LogP contribution in [0.1, 0.15) is 36.0 Å². The van der Waals surface area contributed by atoms with Crippen molar-refractivity contribution >= 4 is 23.0 Å². The molecule has 0 radical (unpaired) electrons. The van der Waals surface area contributed by atoms with Gasteiger partial charge in [0.2, 0.25) is 0 Å². The zero-order valence-electron chi connectivity index (χ0n) is 16.8. The van der Waals surface area contributed by atoms with Gasteiger partial charge in [-0.3, -0.25) is 4.98 Å². The van der Waals surface area contributed by atoms with Gasteiger partial charge in [0.15, 0.2) is 5.11 Å². The number of hydrogen-bond donors (Lipinski definition) is 1. The number of benzene rings is 1. The monoisotopic (exact) mass is 406 g/mol. The summed E-state index contributed by atoms with van der Waals surface area (Å²) in [5, 5.41) is 4.24. The smallest absolute Gasteiger partial charge is 0.174 e. The lowest BCUT2D eigenvalue weighted by Gasteiger charge is -2.29. The van der Waals surface area contributed by atoms with Crippen LogP contribution >= 0.6 is 12.2 Å². The van der Waals surface area contributed by atoms with Crippen molar-refractivity contribution < 1.29 is 4.74 Å². The molecule has 6 heteroatoms. The van der Waals surface area contributed by atoms with Crippen molar-refractivity contribution in [3.63, 3.8) is 0 Å². The Morgan fingerprint density at radius 1 is 1.10 bits per heavy atom. The highest BCUT2D eigenvalue weighted by Gasteiger charge is 2.41. The number of hydrogen-bond acceptors (Lipinski definition) is 3. The minimum Gasteiger partial charge on any atom is -0.383 e. The van der Waals surface area contributed by atoms with E-state index in [1.807, 2.05) is 18.3 Å². The molecule has 0 amide bonds. The zero-order valence-corrected chi connectivity index (χ0v) is 17.6. The summed E-state index contributed by atoms with van der Waals surface area (Å²) in [6.45, 7) is 3.62. The molecule has 1 aliphatic rings. The molecule has 2 aromatic heterocycles. The predicted octanol–water partition coefficient (Wildman–Crippen LogP) is 4.27. The molecule has 3 aromatic rings. The van der Waals surface area contributed by atoms with Crippen molar-refractivity contribution in [3.8, 4) is 0 Å². The number of thiocarbonyl (C=S) groups is 1. The summed E-state index contributed by atoms with van der Waals surface area (Å²) in [5.74, 6) is 0. The molecule has 0 bridgehead atoms. The number of nitrogens with zero attached hydrogens (tertiary/aromatic N) is 3. The van der Waals surface area contributed by atoms with Crippen molar-refractivity contribution in [1.82, 2.24) is 14.9 Å². The maximum atomic E-state index is 5.80. The van der Waals surface area contributed by atoms with Crippen molar-refractivity contribution in [3.05, 3.63) is 83.9 Å². The molecule has 0 unspecified atom stereocenters. The molecule has 2 atom stereocenters. The quantitative estimate of drug-likeness (QED) is 0.594. The molecule has 1 fully saturated rings. The van der Waals surface area contributed by atoms with Crippen LogP contribution in [0.4, 0.5) is 5.69 Å². The molecule has 0 spiro atoms. The van der Waals surface area contributed by atoms with Gasteiger partial charge in [0, 0.05) is 37.4 Å². The van der Waals surface area contributed by atoms with Crippen LogP contribution in [-0.2, 0) is 17.7 Å². The zero-order chi connectivity index (χ0) is 20.2. The first-order valence-corrected chi connectivity index (χ1v) is 10.4. The highest BCUT2D eigenvalue weighted by Crippen LogP contribution is 2.41. The van der Waals surface area contributed by atoms with E-state index in [4.69, 9.17) is 17.0 Å². The SMILES string of the molecule is CCc1ccc(N2C(=S)N[C@H](c3ccccn3)[C@@H]2c2cccn2CCOC)cc1. The summed E-state index contributed by atoms with van der Waals surface area (Å²) in [6, 6.07) is 18.9. The second-order valence-electron chi connectivity index (χ2n) is 7.14. The van der Waals surface area contributed by atoms with E-state index in [0.717, 1.165) is 29.5 Å². The molecule has 1 aliphatic heterocycles. The van der Waals surface area contributed by atoms with E-state index in [9.17, 15) is 0 Å². The molecule has 1 N–H and O–H groups in total. The van der Waals surface area contributed by atoms with Gasteiger partial charge in [-0.2, -0.15) is 0 Å². The summed E-state index contributed by atoms with van der Waals surface area (Å²) in [7, 11) is 1.73. The lowest BCUT2D eigenvalue weighted by Crippen LogP contribution is -2.30. The fourth-order valence-corrected chi connectivity index (χ4v) is 4.26. The lowest BCUT2D eigenvalue weighted by atomic mass is 10.0. The molecule has 1 saturated heterocycles. The van der Waals surface area contributed by atoms with Gasteiger partial charge in [-0.25, -0.2) is 0 Å². The van der Waals surface area contributed by atoms with Gasteiger partial charge in [-0.1, -0.05) is 25.1 Å². The third kappa shape index (κ3) is 3.91. The van der Waals surface area contributed by atoms with E-state index in [1.54, 1.807) is 7.11 Å². The van der Waals surface area contributed by atoms with E-state index >= 15 is 0 Å². The second-order valence-corrected chi connectivity index (χ2v) is 7.52. The Balaban J connectivity index is 1.78. The van der Waals surface area contributed by atoms with Gasteiger partial charge in [0.25, 0.3) is 0 Å². The van der Waals surface area contributed by atoms with Crippen LogP contribution < -0.4 is 10.2 Å². The molecular formula is C23H26N4OS. The van der Waals surface area contributed by atoms with Gasteiger partial charge in [-0.15, -0.1) is 0 Å². The summed E-state index contributed by atoms with van der Waals surface area (Å²) in [4.78, 5) is 6.83. The molecule has 1 aromatic carbocycles. The number of methoxy groups -OCH3 is 1. The Kier molecular flexibility index (Phi) is 5.92. The van der Waals surface area contributed by atoms with Gasteiger partial charge >= 0.3 is 0 Å². The highest BCUT2D eigenvalue weighted by molar-refractivity contribution is 7.80. The predicted molar refractivity (Wildman–Crippen MR) is 120 cm³/mol.